The lowest BCUT2D eigenvalue weighted by molar-refractivity contribution is 0.0332. The van der Waals surface area contributed by atoms with E-state index < -0.39 is 0 Å². The smallest absolute Gasteiger partial charge is 0.159 e. The van der Waals surface area contributed by atoms with Crippen molar-refractivity contribution < 1.29 is 14.3 Å². The number of rotatable bonds is 3. The Kier molecular flexibility index (Phi) is 3.60. The number of hydrogen-bond donors (Lipinski definition) is 0. The molecule has 2 rings (SSSR count). The molecule has 0 amide bonds. The molecule has 2 unspecified atom stereocenters. The van der Waals surface area contributed by atoms with Gasteiger partial charge in [-0.1, -0.05) is 12.1 Å². The Bertz CT molecular complexity index is 425. The monoisotopic (exact) mass is 234 g/mol. The fraction of sp³-hybridized carbons (Fsp3) is 0.500. The highest BCUT2D eigenvalue weighted by molar-refractivity contribution is 5.94. The summed E-state index contributed by atoms with van der Waals surface area (Å²) in [6, 6.07) is 5.80. The SMILES string of the molecule is COC1CCC(OC)c2cc(C(C)=O)ccc21. The predicted octanol–water partition coefficient (Wildman–Crippen LogP) is 3.06. The highest BCUT2D eigenvalue weighted by atomic mass is 16.5. The number of Topliss-reactive ketones (excluding diaryl/α,β-unsaturated/α-hetero) is 1. The van der Waals surface area contributed by atoms with E-state index in [0.29, 0.717) is 0 Å². The predicted molar refractivity (Wildman–Crippen MR) is 65.2 cm³/mol. The molecule has 3 nitrogen and oxygen atoms in total. The van der Waals surface area contributed by atoms with Gasteiger partial charge in [-0.2, -0.15) is 0 Å². The van der Waals surface area contributed by atoms with Gasteiger partial charge in [-0.15, -0.1) is 0 Å². The first-order valence-corrected chi connectivity index (χ1v) is 5.87. The summed E-state index contributed by atoms with van der Waals surface area (Å²) < 4.78 is 10.9. The normalized spacial score (nSPS) is 23.2. The Balaban J connectivity index is 2.46. The van der Waals surface area contributed by atoms with Crippen molar-refractivity contribution in [2.45, 2.75) is 32.0 Å². The maximum absolute atomic E-state index is 11.4. The Morgan fingerprint density at radius 3 is 2.24 bits per heavy atom. The molecule has 17 heavy (non-hydrogen) atoms. The van der Waals surface area contributed by atoms with Gasteiger partial charge in [0.25, 0.3) is 0 Å². The summed E-state index contributed by atoms with van der Waals surface area (Å²) in [6.07, 6.45) is 2.10. The van der Waals surface area contributed by atoms with Crippen LogP contribution in [-0.2, 0) is 9.47 Å². The van der Waals surface area contributed by atoms with Crippen LogP contribution in [0.3, 0.4) is 0 Å². The first-order valence-electron chi connectivity index (χ1n) is 5.87. The molecule has 1 aromatic carbocycles. The third-order valence-electron chi connectivity index (χ3n) is 3.45. The standard InChI is InChI=1S/C14H18O3/c1-9(15)10-4-5-11-12(8-10)14(17-3)7-6-13(11)16-2/h4-5,8,13-14H,6-7H2,1-3H3. The summed E-state index contributed by atoms with van der Waals surface area (Å²) in [6.45, 7) is 1.58. The molecular formula is C14H18O3. The molecule has 92 valence electrons. The molecule has 0 N–H and O–H groups in total. The van der Waals surface area contributed by atoms with Crippen LogP contribution in [0, 0.1) is 0 Å². The first kappa shape index (κ1) is 12.3. The van der Waals surface area contributed by atoms with Crippen molar-refractivity contribution in [1.82, 2.24) is 0 Å². The van der Waals surface area contributed by atoms with Gasteiger partial charge in [-0.3, -0.25) is 4.79 Å². The van der Waals surface area contributed by atoms with Crippen LogP contribution in [0.15, 0.2) is 18.2 Å². The number of benzene rings is 1. The molecule has 1 aromatic rings. The van der Waals surface area contributed by atoms with Gasteiger partial charge in [0.05, 0.1) is 12.2 Å². The molecule has 0 aromatic heterocycles. The van der Waals surface area contributed by atoms with E-state index in [2.05, 4.69) is 0 Å². The fourth-order valence-electron chi connectivity index (χ4n) is 2.47. The lowest BCUT2D eigenvalue weighted by atomic mass is 9.85. The Morgan fingerprint density at radius 2 is 1.71 bits per heavy atom. The van der Waals surface area contributed by atoms with Crippen molar-refractivity contribution in [2.24, 2.45) is 0 Å². The zero-order valence-corrected chi connectivity index (χ0v) is 10.5. The van der Waals surface area contributed by atoms with Crippen molar-refractivity contribution in [3.05, 3.63) is 34.9 Å². The largest absolute Gasteiger partial charge is 0.377 e. The van der Waals surface area contributed by atoms with Crippen LogP contribution in [-0.4, -0.2) is 20.0 Å². The quantitative estimate of drug-likeness (QED) is 0.754. The lowest BCUT2D eigenvalue weighted by Gasteiger charge is -2.30. The van der Waals surface area contributed by atoms with Crippen molar-refractivity contribution in [3.8, 4) is 0 Å². The second-order valence-corrected chi connectivity index (χ2v) is 4.43. The van der Waals surface area contributed by atoms with E-state index in [1.54, 1.807) is 21.1 Å². The Labute approximate surface area is 102 Å². The molecule has 0 saturated carbocycles. The van der Waals surface area contributed by atoms with E-state index in [1.807, 2.05) is 18.2 Å². The second-order valence-electron chi connectivity index (χ2n) is 4.43. The van der Waals surface area contributed by atoms with Crippen molar-refractivity contribution in [2.75, 3.05) is 14.2 Å². The molecule has 0 radical (unpaired) electrons. The van der Waals surface area contributed by atoms with Gasteiger partial charge in [0.1, 0.15) is 0 Å². The van der Waals surface area contributed by atoms with Crippen LogP contribution in [0.25, 0.3) is 0 Å². The number of hydrogen-bond acceptors (Lipinski definition) is 3. The average Bonchev–Trinajstić information content (AvgIpc) is 2.36. The van der Waals surface area contributed by atoms with Gasteiger partial charge in [0, 0.05) is 19.8 Å². The number of carbonyl (C=O) groups excluding carboxylic acids is 1. The van der Waals surface area contributed by atoms with Gasteiger partial charge >= 0.3 is 0 Å². The molecule has 0 saturated heterocycles. The first-order chi connectivity index (χ1) is 8.17. The number of fused-ring (bicyclic) bond motifs is 1. The summed E-state index contributed by atoms with van der Waals surface area (Å²) in [5.41, 5.74) is 2.98. The molecule has 0 fully saturated rings. The van der Waals surface area contributed by atoms with Crippen LogP contribution < -0.4 is 0 Å². The van der Waals surface area contributed by atoms with Crippen LogP contribution in [0.5, 0.6) is 0 Å². The minimum atomic E-state index is 0.0794. The highest BCUT2D eigenvalue weighted by Crippen LogP contribution is 2.39. The molecule has 1 aliphatic carbocycles. The summed E-state index contributed by atoms with van der Waals surface area (Å²) >= 11 is 0. The molecular weight excluding hydrogens is 216 g/mol. The van der Waals surface area contributed by atoms with E-state index in [-0.39, 0.29) is 18.0 Å². The maximum atomic E-state index is 11.4. The van der Waals surface area contributed by atoms with Crippen LogP contribution in [0.1, 0.15) is 53.5 Å². The summed E-state index contributed by atoms with van der Waals surface area (Å²) in [4.78, 5) is 11.4. The second kappa shape index (κ2) is 4.98. The van der Waals surface area contributed by atoms with Gasteiger partial charge in [0.15, 0.2) is 5.78 Å². The number of carbonyl (C=O) groups is 1. The van der Waals surface area contributed by atoms with Crippen molar-refractivity contribution in [1.29, 1.82) is 0 Å². The van der Waals surface area contributed by atoms with E-state index in [0.717, 1.165) is 29.5 Å². The number of ketones is 1. The third-order valence-corrected chi connectivity index (χ3v) is 3.45. The zero-order valence-electron chi connectivity index (χ0n) is 10.5. The van der Waals surface area contributed by atoms with Crippen LogP contribution >= 0.6 is 0 Å². The maximum Gasteiger partial charge on any atom is 0.159 e. The minimum Gasteiger partial charge on any atom is -0.377 e. The van der Waals surface area contributed by atoms with Gasteiger partial charge in [-0.25, -0.2) is 0 Å². The average molecular weight is 234 g/mol. The summed E-state index contributed by atoms with van der Waals surface area (Å²) in [7, 11) is 3.43. The lowest BCUT2D eigenvalue weighted by Crippen LogP contribution is -2.17. The molecule has 0 heterocycles. The molecule has 0 bridgehead atoms. The number of methoxy groups -OCH3 is 2. The van der Waals surface area contributed by atoms with Crippen LogP contribution in [0.2, 0.25) is 0 Å². The van der Waals surface area contributed by atoms with E-state index in [1.165, 1.54) is 0 Å². The van der Waals surface area contributed by atoms with E-state index >= 15 is 0 Å². The highest BCUT2D eigenvalue weighted by Gasteiger charge is 2.27. The van der Waals surface area contributed by atoms with Crippen molar-refractivity contribution >= 4 is 5.78 Å². The van der Waals surface area contributed by atoms with Gasteiger partial charge in [-0.05, 0) is 37.0 Å². The summed E-state index contributed by atoms with van der Waals surface area (Å²) in [5, 5.41) is 0. The Hall–Kier alpha value is -1.19. The Morgan fingerprint density at radius 1 is 1.12 bits per heavy atom. The minimum absolute atomic E-state index is 0.0794. The van der Waals surface area contributed by atoms with Gasteiger partial charge < -0.3 is 9.47 Å². The van der Waals surface area contributed by atoms with Crippen LogP contribution in [0.4, 0.5) is 0 Å². The molecule has 0 spiro atoms. The van der Waals surface area contributed by atoms with Gasteiger partial charge in [0.2, 0.25) is 0 Å². The molecule has 0 aliphatic heterocycles. The molecule has 1 aliphatic rings. The fourth-order valence-corrected chi connectivity index (χ4v) is 2.47. The van der Waals surface area contributed by atoms with Crippen molar-refractivity contribution in [3.63, 3.8) is 0 Å². The van der Waals surface area contributed by atoms with E-state index in [4.69, 9.17) is 9.47 Å². The zero-order chi connectivity index (χ0) is 12.4. The summed E-state index contributed by atoms with van der Waals surface area (Å²) in [5.74, 6) is 0.0854. The molecule has 3 heteroatoms. The molecule has 2 atom stereocenters. The topological polar surface area (TPSA) is 35.5 Å². The van der Waals surface area contributed by atoms with E-state index in [9.17, 15) is 4.79 Å². The third kappa shape index (κ3) is 2.26. The number of ether oxygens (including phenoxy) is 2.